The SMILES string of the molecule is NNC(c1ccc2c(c1)OCCCO2)C1CCC1. The van der Waals surface area contributed by atoms with Gasteiger partial charge in [-0.25, -0.2) is 0 Å². The molecular formula is C14H20N2O2. The number of ether oxygens (including phenoxy) is 2. The lowest BCUT2D eigenvalue weighted by Gasteiger charge is -2.33. The van der Waals surface area contributed by atoms with Gasteiger partial charge in [0, 0.05) is 12.5 Å². The summed E-state index contributed by atoms with van der Waals surface area (Å²) in [6.45, 7) is 1.45. The third-order valence-electron chi connectivity index (χ3n) is 3.93. The van der Waals surface area contributed by atoms with E-state index in [0.717, 1.165) is 31.1 Å². The second-order valence-electron chi connectivity index (χ2n) is 5.09. The summed E-state index contributed by atoms with van der Waals surface area (Å²) in [6.07, 6.45) is 4.76. The topological polar surface area (TPSA) is 56.5 Å². The van der Waals surface area contributed by atoms with Crippen LogP contribution in [-0.4, -0.2) is 13.2 Å². The molecule has 1 fully saturated rings. The normalized spacial score (nSPS) is 20.9. The molecule has 1 aliphatic carbocycles. The molecule has 1 aromatic rings. The Bertz CT molecular complexity index is 418. The number of rotatable bonds is 3. The summed E-state index contributed by atoms with van der Waals surface area (Å²) < 4.78 is 11.4. The highest BCUT2D eigenvalue weighted by Gasteiger charge is 2.28. The molecule has 0 saturated heterocycles. The first-order valence-electron chi connectivity index (χ1n) is 6.74. The summed E-state index contributed by atoms with van der Waals surface area (Å²) in [6, 6.07) is 6.40. The van der Waals surface area contributed by atoms with Crippen LogP contribution in [-0.2, 0) is 0 Å². The van der Waals surface area contributed by atoms with E-state index in [2.05, 4.69) is 17.6 Å². The molecule has 0 spiro atoms. The van der Waals surface area contributed by atoms with Gasteiger partial charge in [0.05, 0.1) is 13.2 Å². The van der Waals surface area contributed by atoms with Crippen molar-refractivity contribution >= 4 is 0 Å². The smallest absolute Gasteiger partial charge is 0.161 e. The molecule has 3 rings (SSSR count). The molecule has 0 radical (unpaired) electrons. The molecule has 0 bridgehead atoms. The van der Waals surface area contributed by atoms with E-state index in [4.69, 9.17) is 15.3 Å². The van der Waals surface area contributed by atoms with Crippen molar-refractivity contribution < 1.29 is 9.47 Å². The molecule has 1 saturated carbocycles. The maximum atomic E-state index is 5.72. The van der Waals surface area contributed by atoms with E-state index in [0.29, 0.717) is 5.92 Å². The Labute approximate surface area is 107 Å². The number of fused-ring (bicyclic) bond motifs is 1. The summed E-state index contributed by atoms with van der Waals surface area (Å²) in [5.74, 6) is 8.05. The van der Waals surface area contributed by atoms with Crippen molar-refractivity contribution in [1.82, 2.24) is 5.43 Å². The molecule has 4 heteroatoms. The van der Waals surface area contributed by atoms with Gasteiger partial charge in [-0.3, -0.25) is 11.3 Å². The average molecular weight is 248 g/mol. The lowest BCUT2D eigenvalue weighted by Crippen LogP contribution is -2.36. The molecule has 4 nitrogen and oxygen atoms in total. The number of hydrazine groups is 1. The van der Waals surface area contributed by atoms with Crippen LogP contribution in [0.2, 0.25) is 0 Å². The molecule has 0 aromatic heterocycles. The summed E-state index contributed by atoms with van der Waals surface area (Å²) in [5, 5.41) is 0. The molecule has 3 N–H and O–H groups in total. The van der Waals surface area contributed by atoms with Crippen molar-refractivity contribution in [2.24, 2.45) is 11.8 Å². The van der Waals surface area contributed by atoms with Crippen LogP contribution in [0.25, 0.3) is 0 Å². The quantitative estimate of drug-likeness (QED) is 0.635. The average Bonchev–Trinajstić information content (AvgIpc) is 2.57. The van der Waals surface area contributed by atoms with Gasteiger partial charge in [0.2, 0.25) is 0 Å². The van der Waals surface area contributed by atoms with Crippen LogP contribution < -0.4 is 20.7 Å². The fourth-order valence-electron chi connectivity index (χ4n) is 2.65. The largest absolute Gasteiger partial charge is 0.490 e. The van der Waals surface area contributed by atoms with Gasteiger partial charge in [0.1, 0.15) is 0 Å². The van der Waals surface area contributed by atoms with Crippen LogP contribution in [0.15, 0.2) is 18.2 Å². The van der Waals surface area contributed by atoms with Crippen LogP contribution in [0, 0.1) is 5.92 Å². The maximum absolute atomic E-state index is 5.72. The fraction of sp³-hybridized carbons (Fsp3) is 0.571. The summed E-state index contributed by atoms with van der Waals surface area (Å²) in [5.41, 5.74) is 4.15. The molecule has 18 heavy (non-hydrogen) atoms. The first kappa shape index (κ1) is 11.8. The molecule has 1 unspecified atom stereocenters. The monoisotopic (exact) mass is 248 g/mol. The van der Waals surface area contributed by atoms with Crippen molar-refractivity contribution in [1.29, 1.82) is 0 Å². The number of hydrogen-bond donors (Lipinski definition) is 2. The van der Waals surface area contributed by atoms with Crippen molar-refractivity contribution in [3.05, 3.63) is 23.8 Å². The Morgan fingerprint density at radius 2 is 1.89 bits per heavy atom. The highest BCUT2D eigenvalue weighted by Crippen LogP contribution is 2.40. The standard InChI is InChI=1S/C14H20N2O2/c15-16-14(10-3-1-4-10)11-5-6-12-13(9-11)18-8-2-7-17-12/h5-6,9-10,14,16H,1-4,7-8,15H2. The summed E-state index contributed by atoms with van der Waals surface area (Å²) in [4.78, 5) is 0. The van der Waals surface area contributed by atoms with Crippen LogP contribution in [0.4, 0.5) is 0 Å². The van der Waals surface area contributed by atoms with Crippen LogP contribution in [0.3, 0.4) is 0 Å². The summed E-state index contributed by atoms with van der Waals surface area (Å²) >= 11 is 0. The van der Waals surface area contributed by atoms with Crippen molar-refractivity contribution in [2.45, 2.75) is 31.7 Å². The Balaban J connectivity index is 1.85. The van der Waals surface area contributed by atoms with Gasteiger partial charge in [0.15, 0.2) is 11.5 Å². The minimum Gasteiger partial charge on any atom is -0.490 e. The van der Waals surface area contributed by atoms with E-state index in [1.54, 1.807) is 0 Å². The van der Waals surface area contributed by atoms with E-state index < -0.39 is 0 Å². The lowest BCUT2D eigenvalue weighted by molar-refractivity contribution is 0.231. The van der Waals surface area contributed by atoms with E-state index in [1.807, 2.05) is 6.07 Å². The van der Waals surface area contributed by atoms with Gasteiger partial charge in [-0.15, -0.1) is 0 Å². The third kappa shape index (κ3) is 2.18. The molecule has 2 aliphatic rings. The zero-order chi connectivity index (χ0) is 12.4. The van der Waals surface area contributed by atoms with E-state index in [9.17, 15) is 0 Å². The molecule has 98 valence electrons. The Morgan fingerprint density at radius 3 is 2.56 bits per heavy atom. The third-order valence-corrected chi connectivity index (χ3v) is 3.93. The second kappa shape index (κ2) is 5.16. The van der Waals surface area contributed by atoms with Crippen molar-refractivity contribution in [2.75, 3.05) is 13.2 Å². The van der Waals surface area contributed by atoms with Crippen molar-refractivity contribution in [3.8, 4) is 11.5 Å². The molecule has 1 atom stereocenters. The van der Waals surface area contributed by atoms with Gasteiger partial charge < -0.3 is 9.47 Å². The number of nitrogens with two attached hydrogens (primary N) is 1. The van der Waals surface area contributed by atoms with Crippen LogP contribution in [0.5, 0.6) is 11.5 Å². The van der Waals surface area contributed by atoms with Gasteiger partial charge in [-0.2, -0.15) is 0 Å². The predicted molar refractivity (Wildman–Crippen MR) is 69.5 cm³/mol. The highest BCUT2D eigenvalue weighted by atomic mass is 16.5. The minimum atomic E-state index is 0.232. The van der Waals surface area contributed by atoms with Gasteiger partial charge in [-0.1, -0.05) is 12.5 Å². The van der Waals surface area contributed by atoms with Gasteiger partial charge in [0.25, 0.3) is 0 Å². The lowest BCUT2D eigenvalue weighted by atomic mass is 9.77. The highest BCUT2D eigenvalue weighted by molar-refractivity contribution is 5.44. The molecule has 0 amide bonds. The maximum Gasteiger partial charge on any atom is 0.161 e. The molecule has 1 heterocycles. The number of benzene rings is 1. The number of hydrogen-bond acceptors (Lipinski definition) is 4. The predicted octanol–water partition coefficient (Wildman–Crippen LogP) is 2.15. The first-order chi connectivity index (χ1) is 8.88. The Morgan fingerprint density at radius 1 is 1.11 bits per heavy atom. The second-order valence-corrected chi connectivity index (χ2v) is 5.09. The zero-order valence-corrected chi connectivity index (χ0v) is 10.5. The van der Waals surface area contributed by atoms with Gasteiger partial charge >= 0.3 is 0 Å². The zero-order valence-electron chi connectivity index (χ0n) is 10.5. The number of nitrogens with one attached hydrogen (secondary N) is 1. The van der Waals surface area contributed by atoms with Crippen LogP contribution in [0.1, 0.15) is 37.3 Å². The van der Waals surface area contributed by atoms with E-state index in [-0.39, 0.29) is 6.04 Å². The van der Waals surface area contributed by atoms with E-state index >= 15 is 0 Å². The summed E-state index contributed by atoms with van der Waals surface area (Å²) in [7, 11) is 0. The van der Waals surface area contributed by atoms with E-state index in [1.165, 1.54) is 24.8 Å². The molecule has 1 aromatic carbocycles. The van der Waals surface area contributed by atoms with Crippen molar-refractivity contribution in [3.63, 3.8) is 0 Å². The van der Waals surface area contributed by atoms with Gasteiger partial charge in [-0.05, 0) is 36.5 Å². The fourth-order valence-corrected chi connectivity index (χ4v) is 2.65. The molecular weight excluding hydrogens is 228 g/mol. The minimum absolute atomic E-state index is 0.232. The van der Waals surface area contributed by atoms with Crippen LogP contribution >= 0.6 is 0 Å². The Hall–Kier alpha value is -1.26. The molecule has 1 aliphatic heterocycles. The first-order valence-corrected chi connectivity index (χ1v) is 6.74. The Kier molecular flexibility index (Phi) is 3.39.